The van der Waals surface area contributed by atoms with E-state index < -0.39 is 10.0 Å². The van der Waals surface area contributed by atoms with Crippen molar-refractivity contribution in [2.24, 2.45) is 5.92 Å². The molecule has 6 rings (SSSR count). The number of aromatic nitrogens is 3. The molecule has 0 saturated carbocycles. The molecule has 4 heterocycles. The summed E-state index contributed by atoms with van der Waals surface area (Å²) >= 11 is 0. The number of nitrogens with zero attached hydrogens (tertiary/aromatic N) is 3. The minimum atomic E-state index is -3.55. The predicted octanol–water partition coefficient (Wildman–Crippen LogP) is 5.12. The summed E-state index contributed by atoms with van der Waals surface area (Å²) in [7, 11) is -3.55. The molecule has 4 aromatic rings. The van der Waals surface area contributed by atoms with Crippen molar-refractivity contribution in [1.29, 1.82) is 0 Å². The van der Waals surface area contributed by atoms with Gasteiger partial charge in [-0.25, -0.2) is 23.4 Å². The van der Waals surface area contributed by atoms with Gasteiger partial charge in [0.25, 0.3) is 0 Å². The second-order valence-electron chi connectivity index (χ2n) is 11.0. The summed E-state index contributed by atoms with van der Waals surface area (Å²) in [4.78, 5) is 13.8. The van der Waals surface area contributed by atoms with Crippen LogP contribution in [-0.4, -0.2) is 61.5 Å². The first-order valence-electron chi connectivity index (χ1n) is 14.5. The van der Waals surface area contributed by atoms with Crippen molar-refractivity contribution in [2.75, 3.05) is 42.1 Å². The number of fused-ring (bicyclic) bond motifs is 1. The fraction of sp³-hybridized carbons (Fsp3) is 0.387. The van der Waals surface area contributed by atoms with Gasteiger partial charge in [-0.2, -0.15) is 0 Å². The van der Waals surface area contributed by atoms with Crippen LogP contribution in [0, 0.1) is 12.8 Å². The molecule has 2 aromatic carbocycles. The highest BCUT2D eigenvalue weighted by molar-refractivity contribution is 7.92. The molecule has 2 fully saturated rings. The summed E-state index contributed by atoms with van der Waals surface area (Å²) in [6.45, 7) is 5.09. The summed E-state index contributed by atoms with van der Waals surface area (Å²) in [5.74, 6) is 1.75. The predicted molar refractivity (Wildman–Crippen MR) is 164 cm³/mol. The highest BCUT2D eigenvalue weighted by Gasteiger charge is 2.23. The number of anilines is 2. The maximum atomic E-state index is 13.1. The topological polar surface area (TPSA) is 127 Å². The average molecular weight is 589 g/mol. The van der Waals surface area contributed by atoms with E-state index in [0.717, 1.165) is 60.7 Å². The summed E-state index contributed by atoms with van der Waals surface area (Å²) in [6.07, 6.45) is 7.10. The molecule has 1 atom stereocenters. The quantitative estimate of drug-likeness (QED) is 0.244. The summed E-state index contributed by atoms with van der Waals surface area (Å²) in [5.41, 5.74) is 2.85. The van der Waals surface area contributed by atoms with Gasteiger partial charge in [-0.15, -0.1) is 0 Å². The van der Waals surface area contributed by atoms with E-state index in [1.807, 2.05) is 49.4 Å². The second-order valence-corrected chi connectivity index (χ2v) is 12.7. The molecule has 0 amide bonds. The van der Waals surface area contributed by atoms with Crippen LogP contribution in [0.5, 0.6) is 11.6 Å². The van der Waals surface area contributed by atoms with Crippen molar-refractivity contribution in [3.63, 3.8) is 0 Å². The average Bonchev–Trinajstić information content (AvgIpc) is 3.00. The van der Waals surface area contributed by atoms with Gasteiger partial charge >= 0.3 is 0 Å². The first-order chi connectivity index (χ1) is 20.4. The Bertz CT molecular complexity index is 1650. The summed E-state index contributed by atoms with van der Waals surface area (Å²) in [6, 6.07) is 15.3. The van der Waals surface area contributed by atoms with Crippen LogP contribution < -0.4 is 20.1 Å². The Hall–Kier alpha value is -3.80. The minimum Gasteiger partial charge on any atom is -0.437 e. The van der Waals surface area contributed by atoms with Crippen molar-refractivity contribution in [3.8, 4) is 22.9 Å². The van der Waals surface area contributed by atoms with Crippen LogP contribution in [0.1, 0.15) is 31.2 Å². The van der Waals surface area contributed by atoms with E-state index in [0.29, 0.717) is 42.2 Å². The van der Waals surface area contributed by atoms with Crippen molar-refractivity contribution in [2.45, 2.75) is 38.6 Å². The van der Waals surface area contributed by atoms with Crippen LogP contribution in [0.4, 0.5) is 11.6 Å². The number of pyridine rings is 1. The van der Waals surface area contributed by atoms with E-state index in [1.165, 1.54) is 0 Å². The fourth-order valence-corrected chi connectivity index (χ4v) is 7.15. The van der Waals surface area contributed by atoms with Crippen LogP contribution >= 0.6 is 0 Å². The lowest BCUT2D eigenvalue weighted by molar-refractivity contribution is 0.0724. The zero-order valence-corrected chi connectivity index (χ0v) is 24.5. The molecular formula is C31H36N6O4S. The number of hydrogen-bond acceptors (Lipinski definition) is 9. The van der Waals surface area contributed by atoms with Crippen molar-refractivity contribution >= 4 is 32.4 Å². The van der Waals surface area contributed by atoms with E-state index in [1.54, 1.807) is 18.5 Å². The molecule has 2 aromatic heterocycles. The monoisotopic (exact) mass is 588 g/mol. The molecule has 11 heteroatoms. The molecule has 0 unspecified atom stereocenters. The van der Waals surface area contributed by atoms with E-state index in [-0.39, 0.29) is 17.7 Å². The first kappa shape index (κ1) is 28.3. The van der Waals surface area contributed by atoms with Gasteiger partial charge in [0.15, 0.2) is 0 Å². The number of rotatable bonds is 9. The number of piperidine rings is 1. The van der Waals surface area contributed by atoms with Gasteiger partial charge in [-0.3, -0.25) is 4.72 Å². The lowest BCUT2D eigenvalue weighted by atomic mass is 10.0. The van der Waals surface area contributed by atoms with Crippen molar-refractivity contribution < 1.29 is 17.9 Å². The SMILES string of the molecule is Cc1ccc2c(NS(=O)(=O)CC3CCOCC3)cccc2c1Oc1ncccc1-c1ccnc(N[C@H]2CCCNC2)n1. The molecule has 220 valence electrons. The van der Waals surface area contributed by atoms with Crippen LogP contribution in [0.25, 0.3) is 22.0 Å². The van der Waals surface area contributed by atoms with Gasteiger partial charge in [-0.05, 0) is 74.9 Å². The number of aryl methyl sites for hydroxylation is 1. The van der Waals surface area contributed by atoms with Gasteiger partial charge in [0.05, 0.1) is 22.7 Å². The standard InChI is InChI=1S/C31H36N6O4S/c1-21-9-10-24-25(6-2-8-28(24)37-42(38,39)20-22-12-17-40-18-13-22)29(21)41-30-26(7-4-15-33-30)27-11-16-34-31(36-27)35-23-5-3-14-32-19-23/h2,4,6-11,15-16,22-23,32,37H,3,5,12-14,17-20H2,1H3,(H,34,35,36)/t23-/m0/s1. The third kappa shape index (κ3) is 6.64. The van der Waals surface area contributed by atoms with E-state index in [9.17, 15) is 8.42 Å². The highest BCUT2D eigenvalue weighted by Crippen LogP contribution is 2.39. The van der Waals surface area contributed by atoms with E-state index in [4.69, 9.17) is 14.5 Å². The minimum absolute atomic E-state index is 0.0757. The Labute approximate surface area is 246 Å². The summed E-state index contributed by atoms with van der Waals surface area (Å²) in [5, 5.41) is 8.37. The lowest BCUT2D eigenvalue weighted by Gasteiger charge is -2.23. The van der Waals surface area contributed by atoms with Crippen LogP contribution in [0.15, 0.2) is 60.9 Å². The highest BCUT2D eigenvalue weighted by atomic mass is 32.2. The normalized spacial score (nSPS) is 18.1. The Balaban J connectivity index is 1.28. The van der Waals surface area contributed by atoms with Gasteiger partial charge in [0, 0.05) is 49.0 Å². The molecule has 2 aliphatic rings. The number of sulfonamides is 1. The zero-order chi connectivity index (χ0) is 28.9. The maximum absolute atomic E-state index is 13.1. The molecule has 0 bridgehead atoms. The van der Waals surface area contributed by atoms with Crippen molar-refractivity contribution in [1.82, 2.24) is 20.3 Å². The second kappa shape index (κ2) is 12.6. The number of nitrogens with one attached hydrogen (secondary N) is 3. The summed E-state index contributed by atoms with van der Waals surface area (Å²) < 4.78 is 40.9. The maximum Gasteiger partial charge on any atom is 0.233 e. The van der Waals surface area contributed by atoms with Gasteiger partial charge in [0.2, 0.25) is 21.9 Å². The first-order valence-corrected chi connectivity index (χ1v) is 16.1. The largest absolute Gasteiger partial charge is 0.437 e. The van der Waals surface area contributed by atoms with E-state index in [2.05, 4.69) is 25.3 Å². The number of benzene rings is 2. The molecular weight excluding hydrogens is 552 g/mol. The Morgan fingerprint density at radius 1 is 1.00 bits per heavy atom. The molecule has 0 aliphatic carbocycles. The molecule has 0 radical (unpaired) electrons. The van der Waals surface area contributed by atoms with Gasteiger partial charge < -0.3 is 20.1 Å². The lowest BCUT2D eigenvalue weighted by Crippen LogP contribution is -2.38. The van der Waals surface area contributed by atoms with Crippen LogP contribution in [0.3, 0.4) is 0 Å². The molecule has 3 N–H and O–H groups in total. The third-order valence-electron chi connectivity index (χ3n) is 7.80. The Morgan fingerprint density at radius 3 is 2.71 bits per heavy atom. The van der Waals surface area contributed by atoms with Crippen molar-refractivity contribution in [3.05, 3.63) is 66.5 Å². The zero-order valence-electron chi connectivity index (χ0n) is 23.7. The van der Waals surface area contributed by atoms with Gasteiger partial charge in [-0.1, -0.05) is 24.3 Å². The molecule has 2 aliphatic heterocycles. The molecule has 42 heavy (non-hydrogen) atoms. The van der Waals surface area contributed by atoms with Crippen LogP contribution in [0.2, 0.25) is 0 Å². The Kier molecular flexibility index (Phi) is 8.50. The smallest absolute Gasteiger partial charge is 0.233 e. The fourth-order valence-electron chi connectivity index (χ4n) is 5.60. The molecule has 0 spiro atoms. The molecule has 10 nitrogen and oxygen atoms in total. The number of ether oxygens (including phenoxy) is 2. The Morgan fingerprint density at radius 2 is 1.88 bits per heavy atom. The molecule has 2 saturated heterocycles. The third-order valence-corrected chi connectivity index (χ3v) is 9.24. The van der Waals surface area contributed by atoms with E-state index >= 15 is 0 Å². The van der Waals surface area contributed by atoms with Crippen LogP contribution in [-0.2, 0) is 14.8 Å². The number of hydrogen-bond donors (Lipinski definition) is 3. The van der Waals surface area contributed by atoms with Gasteiger partial charge in [0.1, 0.15) is 5.75 Å².